The molecule has 7 heteroatoms. The number of hydrogen-bond acceptors (Lipinski definition) is 4. The number of benzene rings is 1. The molecule has 0 bridgehead atoms. The van der Waals surface area contributed by atoms with E-state index in [2.05, 4.69) is 15.5 Å². The van der Waals surface area contributed by atoms with Crippen molar-refractivity contribution in [3.05, 3.63) is 65.2 Å². The smallest absolute Gasteiger partial charge is 0.134 e. The number of fused-ring (bicyclic) bond motifs is 1. The SMILES string of the molecule is Cc1ccc(F)c(C(NN)c2cnn3ccncc23)c1F. The number of rotatable bonds is 3. The van der Waals surface area contributed by atoms with Crippen LogP contribution in [0.1, 0.15) is 22.7 Å². The summed E-state index contributed by atoms with van der Waals surface area (Å²) in [6.45, 7) is 1.57. The topological polar surface area (TPSA) is 68.2 Å². The number of nitrogens with two attached hydrogens (primary N) is 1. The van der Waals surface area contributed by atoms with Gasteiger partial charge in [-0.25, -0.2) is 18.7 Å². The Morgan fingerprint density at radius 2 is 2.10 bits per heavy atom. The van der Waals surface area contributed by atoms with Crippen LogP contribution in [0, 0.1) is 18.6 Å². The molecule has 3 rings (SSSR count). The molecule has 0 aliphatic heterocycles. The first-order chi connectivity index (χ1) is 10.1. The Morgan fingerprint density at radius 3 is 2.86 bits per heavy atom. The zero-order chi connectivity index (χ0) is 15.0. The van der Waals surface area contributed by atoms with Crippen LogP contribution in [0.25, 0.3) is 5.52 Å². The first kappa shape index (κ1) is 13.6. The number of halogens is 2. The fourth-order valence-electron chi connectivity index (χ4n) is 2.35. The molecule has 0 aliphatic carbocycles. The van der Waals surface area contributed by atoms with Crippen LogP contribution in [-0.2, 0) is 0 Å². The first-order valence-electron chi connectivity index (χ1n) is 6.31. The van der Waals surface area contributed by atoms with Crippen LogP contribution in [0.3, 0.4) is 0 Å². The Bertz CT molecular complexity index is 799. The summed E-state index contributed by atoms with van der Waals surface area (Å²) in [7, 11) is 0. The van der Waals surface area contributed by atoms with Gasteiger partial charge in [0.1, 0.15) is 11.6 Å². The Balaban J connectivity index is 2.22. The third kappa shape index (κ3) is 2.16. The number of hydrogen-bond donors (Lipinski definition) is 2. The molecule has 0 saturated heterocycles. The average Bonchev–Trinajstić information content (AvgIpc) is 2.91. The maximum absolute atomic E-state index is 14.3. The fraction of sp³-hybridized carbons (Fsp3) is 0.143. The van der Waals surface area contributed by atoms with Crippen LogP contribution in [0.5, 0.6) is 0 Å². The molecule has 3 aromatic rings. The number of hydrazine groups is 1. The molecule has 2 aromatic heterocycles. The summed E-state index contributed by atoms with van der Waals surface area (Å²) in [4.78, 5) is 4.00. The molecular weight excluding hydrogens is 276 g/mol. The van der Waals surface area contributed by atoms with Gasteiger partial charge in [-0.2, -0.15) is 5.10 Å². The number of aryl methyl sites for hydroxylation is 1. The molecule has 3 N–H and O–H groups in total. The fourth-order valence-corrected chi connectivity index (χ4v) is 2.35. The lowest BCUT2D eigenvalue weighted by atomic mass is 9.97. The van der Waals surface area contributed by atoms with E-state index >= 15 is 0 Å². The molecule has 5 nitrogen and oxygen atoms in total. The average molecular weight is 289 g/mol. The minimum atomic E-state index is -0.855. The van der Waals surface area contributed by atoms with E-state index < -0.39 is 17.7 Å². The second-order valence-electron chi connectivity index (χ2n) is 4.70. The number of nitrogens with one attached hydrogen (secondary N) is 1. The van der Waals surface area contributed by atoms with Gasteiger partial charge in [-0.3, -0.25) is 10.8 Å². The summed E-state index contributed by atoms with van der Waals surface area (Å²) in [5.74, 6) is 4.25. The monoisotopic (exact) mass is 289 g/mol. The van der Waals surface area contributed by atoms with Gasteiger partial charge >= 0.3 is 0 Å². The normalized spacial score (nSPS) is 12.8. The van der Waals surface area contributed by atoms with Crippen molar-refractivity contribution in [1.29, 1.82) is 0 Å². The highest BCUT2D eigenvalue weighted by molar-refractivity contribution is 5.56. The van der Waals surface area contributed by atoms with Crippen LogP contribution < -0.4 is 11.3 Å². The van der Waals surface area contributed by atoms with Crippen molar-refractivity contribution in [3.63, 3.8) is 0 Å². The summed E-state index contributed by atoms with van der Waals surface area (Å²) in [6, 6.07) is 1.76. The van der Waals surface area contributed by atoms with Gasteiger partial charge < -0.3 is 0 Å². The molecular formula is C14H13F2N5. The van der Waals surface area contributed by atoms with Gasteiger partial charge in [-0.15, -0.1) is 0 Å². The van der Waals surface area contributed by atoms with Gasteiger partial charge in [-0.05, 0) is 18.6 Å². The van der Waals surface area contributed by atoms with Crippen LogP contribution in [0.4, 0.5) is 8.78 Å². The van der Waals surface area contributed by atoms with Gasteiger partial charge in [0.25, 0.3) is 0 Å². The van der Waals surface area contributed by atoms with Crippen molar-refractivity contribution in [2.75, 3.05) is 0 Å². The van der Waals surface area contributed by atoms with Crippen LogP contribution in [-0.4, -0.2) is 14.6 Å². The predicted octanol–water partition coefficient (Wildman–Crippen LogP) is 1.87. The third-order valence-corrected chi connectivity index (χ3v) is 3.44. The minimum Gasteiger partial charge on any atom is -0.271 e. The summed E-state index contributed by atoms with van der Waals surface area (Å²) in [5, 5.41) is 4.13. The first-order valence-corrected chi connectivity index (χ1v) is 6.31. The maximum Gasteiger partial charge on any atom is 0.134 e. The highest BCUT2D eigenvalue weighted by Gasteiger charge is 2.25. The third-order valence-electron chi connectivity index (χ3n) is 3.44. The molecule has 0 radical (unpaired) electrons. The van der Waals surface area contributed by atoms with Crippen LogP contribution in [0.2, 0.25) is 0 Å². The second kappa shape index (κ2) is 5.19. The highest BCUT2D eigenvalue weighted by atomic mass is 19.1. The summed E-state index contributed by atoms with van der Waals surface area (Å²) in [6.07, 6.45) is 6.30. The number of nitrogens with zero attached hydrogens (tertiary/aromatic N) is 3. The lowest BCUT2D eigenvalue weighted by Gasteiger charge is -2.18. The lowest BCUT2D eigenvalue weighted by Crippen LogP contribution is -2.30. The molecule has 0 aliphatic rings. The van der Waals surface area contributed by atoms with E-state index in [-0.39, 0.29) is 5.56 Å². The van der Waals surface area contributed by atoms with Crippen molar-refractivity contribution in [3.8, 4) is 0 Å². The van der Waals surface area contributed by atoms with Crippen molar-refractivity contribution in [1.82, 2.24) is 20.0 Å². The maximum atomic E-state index is 14.3. The van der Waals surface area contributed by atoms with E-state index in [0.717, 1.165) is 0 Å². The van der Waals surface area contributed by atoms with Crippen LogP contribution >= 0.6 is 0 Å². The van der Waals surface area contributed by atoms with Crippen molar-refractivity contribution >= 4 is 5.52 Å². The van der Waals surface area contributed by atoms with Gasteiger partial charge in [0.05, 0.1) is 24.0 Å². The van der Waals surface area contributed by atoms with E-state index in [9.17, 15) is 8.78 Å². The standard InChI is InChI=1S/C14H13F2N5/c1-8-2-3-10(15)12(13(8)16)14(20-17)9-6-19-21-5-4-18-7-11(9)21/h2-7,14,20H,17H2,1H3. The zero-order valence-corrected chi connectivity index (χ0v) is 11.2. The number of aromatic nitrogens is 3. The van der Waals surface area contributed by atoms with Gasteiger partial charge in [-0.1, -0.05) is 6.07 Å². The molecule has 0 spiro atoms. The van der Waals surface area contributed by atoms with Gasteiger partial charge in [0.15, 0.2) is 0 Å². The molecule has 21 heavy (non-hydrogen) atoms. The van der Waals surface area contributed by atoms with Crippen LogP contribution in [0.15, 0.2) is 36.9 Å². The molecule has 1 aromatic carbocycles. The molecule has 108 valence electrons. The summed E-state index contributed by atoms with van der Waals surface area (Å²) in [5.41, 5.74) is 3.86. The quantitative estimate of drug-likeness (QED) is 0.570. The molecule has 0 fully saturated rings. The Morgan fingerprint density at radius 1 is 1.29 bits per heavy atom. The summed E-state index contributed by atoms with van der Waals surface area (Å²) >= 11 is 0. The molecule has 0 saturated carbocycles. The predicted molar refractivity (Wildman–Crippen MR) is 73.2 cm³/mol. The molecule has 1 atom stereocenters. The van der Waals surface area contributed by atoms with E-state index in [1.165, 1.54) is 18.3 Å². The van der Waals surface area contributed by atoms with E-state index in [1.54, 1.807) is 30.0 Å². The molecule has 1 unspecified atom stereocenters. The zero-order valence-electron chi connectivity index (χ0n) is 11.2. The second-order valence-corrected chi connectivity index (χ2v) is 4.70. The van der Waals surface area contributed by atoms with E-state index in [4.69, 9.17) is 5.84 Å². The summed E-state index contributed by atoms with van der Waals surface area (Å²) < 4.78 is 30.0. The highest BCUT2D eigenvalue weighted by Crippen LogP contribution is 2.30. The molecule has 0 amide bonds. The largest absolute Gasteiger partial charge is 0.271 e. The molecule has 2 heterocycles. The van der Waals surface area contributed by atoms with E-state index in [1.807, 2.05) is 0 Å². The van der Waals surface area contributed by atoms with Crippen molar-refractivity contribution in [2.24, 2.45) is 5.84 Å². The Kier molecular flexibility index (Phi) is 3.36. The van der Waals surface area contributed by atoms with Gasteiger partial charge in [0.2, 0.25) is 0 Å². The van der Waals surface area contributed by atoms with Gasteiger partial charge in [0, 0.05) is 23.5 Å². The van der Waals surface area contributed by atoms with Crippen molar-refractivity contribution in [2.45, 2.75) is 13.0 Å². The van der Waals surface area contributed by atoms with Crippen molar-refractivity contribution < 1.29 is 8.78 Å². The Hall–Kier alpha value is -2.38. The lowest BCUT2D eigenvalue weighted by molar-refractivity contribution is 0.508. The van der Waals surface area contributed by atoms with E-state index in [0.29, 0.717) is 16.6 Å². The Labute approximate surface area is 119 Å². The minimum absolute atomic E-state index is 0.128.